The molecule has 0 aliphatic rings. The van der Waals surface area contributed by atoms with Crippen LogP contribution in [0.1, 0.15) is 5.69 Å². The number of para-hydroxylation sites is 1. The highest BCUT2D eigenvalue weighted by molar-refractivity contribution is 7.87. The Labute approximate surface area is 154 Å². The number of oxazole rings is 1. The minimum absolute atomic E-state index is 0.0633. The first-order valence-corrected chi connectivity index (χ1v) is 9.42. The minimum Gasteiger partial charge on any atom is -0.408 e. The lowest BCUT2D eigenvalue weighted by molar-refractivity contribution is 0.464. The van der Waals surface area contributed by atoms with Crippen molar-refractivity contribution in [2.24, 2.45) is 7.05 Å². The molecule has 8 nitrogen and oxygen atoms in total. The SMILES string of the molecule is Cc1cc(OS(=O)(=O)c2ccc3c(c2)oc(=O)n3C)n(-c2ccccc2)n1. The third-order valence-corrected chi connectivity index (χ3v) is 5.27. The molecule has 0 bridgehead atoms. The fourth-order valence-corrected chi connectivity index (χ4v) is 3.65. The van der Waals surface area contributed by atoms with Gasteiger partial charge in [0, 0.05) is 19.2 Å². The summed E-state index contributed by atoms with van der Waals surface area (Å²) in [6.07, 6.45) is 0. The average Bonchev–Trinajstić information content (AvgIpc) is 3.14. The van der Waals surface area contributed by atoms with Gasteiger partial charge in [-0.2, -0.15) is 18.2 Å². The zero-order valence-corrected chi connectivity index (χ0v) is 15.3. The van der Waals surface area contributed by atoms with Crippen LogP contribution in [0.4, 0.5) is 0 Å². The van der Waals surface area contributed by atoms with Crippen LogP contribution in [-0.4, -0.2) is 22.8 Å². The zero-order chi connectivity index (χ0) is 19.2. The van der Waals surface area contributed by atoms with Crippen molar-refractivity contribution in [3.05, 3.63) is 70.8 Å². The second-order valence-corrected chi connectivity index (χ2v) is 7.51. The summed E-state index contributed by atoms with van der Waals surface area (Å²) >= 11 is 0. The van der Waals surface area contributed by atoms with Crippen molar-refractivity contribution < 1.29 is 17.0 Å². The summed E-state index contributed by atoms with van der Waals surface area (Å²) in [5.41, 5.74) is 1.93. The molecule has 0 unspecified atom stereocenters. The van der Waals surface area contributed by atoms with Crippen LogP contribution in [0.2, 0.25) is 0 Å². The normalized spacial score (nSPS) is 11.8. The fourth-order valence-electron chi connectivity index (χ4n) is 2.72. The van der Waals surface area contributed by atoms with E-state index in [-0.39, 0.29) is 16.4 Å². The van der Waals surface area contributed by atoms with Crippen LogP contribution in [0.3, 0.4) is 0 Å². The third-order valence-electron chi connectivity index (χ3n) is 4.05. The van der Waals surface area contributed by atoms with Crippen LogP contribution in [-0.2, 0) is 17.2 Å². The summed E-state index contributed by atoms with van der Waals surface area (Å²) in [6.45, 7) is 1.74. The number of rotatable bonds is 4. The van der Waals surface area contributed by atoms with Gasteiger partial charge in [0.2, 0.25) is 5.88 Å². The molecule has 0 spiro atoms. The number of aryl methyl sites for hydroxylation is 2. The van der Waals surface area contributed by atoms with Crippen molar-refractivity contribution in [3.8, 4) is 11.6 Å². The minimum atomic E-state index is -4.16. The number of hydrogen-bond donors (Lipinski definition) is 0. The van der Waals surface area contributed by atoms with Gasteiger partial charge < -0.3 is 8.60 Å². The van der Waals surface area contributed by atoms with E-state index in [0.29, 0.717) is 16.9 Å². The Morgan fingerprint density at radius 3 is 2.56 bits per heavy atom. The molecule has 0 aliphatic heterocycles. The Balaban J connectivity index is 1.75. The molecular weight excluding hydrogens is 370 g/mol. The molecule has 2 aromatic heterocycles. The van der Waals surface area contributed by atoms with Gasteiger partial charge in [0.05, 0.1) is 16.9 Å². The number of benzene rings is 2. The number of fused-ring (bicyclic) bond motifs is 1. The summed E-state index contributed by atoms with van der Waals surface area (Å²) in [6, 6.07) is 14.7. The van der Waals surface area contributed by atoms with Gasteiger partial charge in [-0.05, 0) is 31.2 Å². The van der Waals surface area contributed by atoms with Gasteiger partial charge in [-0.25, -0.2) is 4.79 Å². The second-order valence-electron chi connectivity index (χ2n) is 5.97. The third kappa shape index (κ3) is 3.02. The van der Waals surface area contributed by atoms with Gasteiger partial charge in [-0.15, -0.1) is 0 Å². The van der Waals surface area contributed by atoms with Crippen molar-refractivity contribution in [2.45, 2.75) is 11.8 Å². The first-order chi connectivity index (χ1) is 12.8. The lowest BCUT2D eigenvalue weighted by Crippen LogP contribution is -2.12. The largest absolute Gasteiger partial charge is 0.419 e. The monoisotopic (exact) mass is 385 g/mol. The maximum atomic E-state index is 12.7. The molecule has 0 saturated heterocycles. The summed E-state index contributed by atoms with van der Waals surface area (Å²) in [5, 5.41) is 4.29. The molecule has 0 atom stereocenters. The molecule has 0 fully saturated rings. The molecule has 138 valence electrons. The van der Waals surface area contributed by atoms with E-state index in [4.69, 9.17) is 8.60 Å². The summed E-state index contributed by atoms with van der Waals surface area (Å²) in [4.78, 5) is 11.5. The lowest BCUT2D eigenvalue weighted by Gasteiger charge is -2.09. The average molecular weight is 385 g/mol. The van der Waals surface area contributed by atoms with E-state index in [0.717, 1.165) is 0 Å². The number of nitrogens with zero attached hydrogens (tertiary/aromatic N) is 3. The van der Waals surface area contributed by atoms with E-state index in [9.17, 15) is 13.2 Å². The molecule has 0 aliphatic carbocycles. The molecular formula is C18H15N3O5S. The molecule has 2 heterocycles. The smallest absolute Gasteiger partial charge is 0.408 e. The predicted molar refractivity (Wildman–Crippen MR) is 97.6 cm³/mol. The van der Waals surface area contributed by atoms with Gasteiger partial charge in [0.15, 0.2) is 5.58 Å². The van der Waals surface area contributed by atoms with Crippen molar-refractivity contribution in [1.82, 2.24) is 14.3 Å². The number of hydrogen-bond acceptors (Lipinski definition) is 6. The highest BCUT2D eigenvalue weighted by Crippen LogP contribution is 2.25. The first-order valence-electron chi connectivity index (χ1n) is 8.01. The van der Waals surface area contributed by atoms with E-state index in [2.05, 4.69) is 5.10 Å². The topological polar surface area (TPSA) is 96.3 Å². The second kappa shape index (κ2) is 6.13. The fraction of sp³-hybridized carbons (Fsp3) is 0.111. The van der Waals surface area contributed by atoms with Crippen molar-refractivity contribution in [3.63, 3.8) is 0 Å². The van der Waals surface area contributed by atoms with Crippen LogP contribution in [0.5, 0.6) is 5.88 Å². The quantitative estimate of drug-likeness (QED) is 0.501. The summed E-state index contributed by atoms with van der Waals surface area (Å²) in [7, 11) is -2.62. The lowest BCUT2D eigenvalue weighted by atomic mass is 10.3. The Morgan fingerprint density at radius 2 is 1.81 bits per heavy atom. The zero-order valence-electron chi connectivity index (χ0n) is 14.5. The van der Waals surface area contributed by atoms with Gasteiger partial charge in [0.1, 0.15) is 4.90 Å². The van der Waals surface area contributed by atoms with Crippen molar-refractivity contribution in [1.29, 1.82) is 0 Å². The molecule has 0 radical (unpaired) electrons. The maximum Gasteiger partial charge on any atom is 0.419 e. The first kappa shape index (κ1) is 17.1. The van der Waals surface area contributed by atoms with Gasteiger partial charge in [-0.1, -0.05) is 18.2 Å². The van der Waals surface area contributed by atoms with Gasteiger partial charge in [0.25, 0.3) is 0 Å². The highest BCUT2D eigenvalue weighted by Gasteiger charge is 2.22. The van der Waals surface area contributed by atoms with E-state index >= 15 is 0 Å². The van der Waals surface area contributed by atoms with E-state index < -0.39 is 15.9 Å². The van der Waals surface area contributed by atoms with Crippen LogP contribution < -0.4 is 9.94 Å². The van der Waals surface area contributed by atoms with Gasteiger partial charge >= 0.3 is 15.9 Å². The summed E-state index contributed by atoms with van der Waals surface area (Å²) in [5.74, 6) is -0.508. The Bertz CT molecular complexity index is 1300. The molecule has 0 N–H and O–H groups in total. The van der Waals surface area contributed by atoms with Crippen molar-refractivity contribution in [2.75, 3.05) is 0 Å². The molecule has 9 heteroatoms. The Morgan fingerprint density at radius 1 is 1.07 bits per heavy atom. The highest BCUT2D eigenvalue weighted by atomic mass is 32.2. The van der Waals surface area contributed by atoms with E-state index in [1.54, 1.807) is 26.1 Å². The van der Waals surface area contributed by atoms with E-state index in [1.165, 1.54) is 33.5 Å². The molecule has 4 rings (SSSR count). The maximum absolute atomic E-state index is 12.7. The van der Waals surface area contributed by atoms with Gasteiger partial charge in [-0.3, -0.25) is 4.57 Å². The molecule has 27 heavy (non-hydrogen) atoms. The van der Waals surface area contributed by atoms with Crippen LogP contribution in [0, 0.1) is 6.92 Å². The van der Waals surface area contributed by atoms with Crippen LogP contribution in [0.15, 0.2) is 68.7 Å². The molecule has 2 aromatic carbocycles. The molecule has 0 amide bonds. The van der Waals surface area contributed by atoms with Crippen LogP contribution >= 0.6 is 0 Å². The van der Waals surface area contributed by atoms with Crippen molar-refractivity contribution >= 4 is 21.2 Å². The predicted octanol–water partition coefficient (Wildman–Crippen LogP) is 2.39. The molecule has 4 aromatic rings. The Kier molecular flexibility index (Phi) is 3.88. The molecule has 0 saturated carbocycles. The standard InChI is InChI=1S/C18H15N3O5S/c1-12-10-17(21(19-12)13-6-4-3-5-7-13)26-27(23,24)14-8-9-15-16(11-14)25-18(22)20(15)2/h3-11H,1-2H3. The number of aromatic nitrogens is 3. The van der Waals surface area contributed by atoms with E-state index in [1.807, 2.05) is 18.2 Å². The van der Waals surface area contributed by atoms with Crippen LogP contribution in [0.25, 0.3) is 16.8 Å². The summed E-state index contributed by atoms with van der Waals surface area (Å²) < 4.78 is 38.6. The Hall–Kier alpha value is -3.33.